The fourth-order valence-electron chi connectivity index (χ4n) is 1.14. The highest BCUT2D eigenvalue weighted by molar-refractivity contribution is 5.85. The van der Waals surface area contributed by atoms with E-state index in [-0.39, 0.29) is 5.78 Å². The summed E-state index contributed by atoms with van der Waals surface area (Å²) in [6, 6.07) is 9.81. The molecule has 2 N–H and O–H groups in total. The first-order valence-corrected chi connectivity index (χ1v) is 4.36. The topological polar surface area (TPSA) is 43.1 Å². The van der Waals surface area contributed by atoms with Crippen LogP contribution in [0.5, 0.6) is 0 Å². The zero-order valence-electron chi connectivity index (χ0n) is 8.08. The van der Waals surface area contributed by atoms with Gasteiger partial charge in [-0.05, 0) is 25.8 Å². The minimum Gasteiger partial charge on any atom is -0.319 e. The van der Waals surface area contributed by atoms with Crippen molar-refractivity contribution < 1.29 is 4.79 Å². The molecule has 0 fully saturated rings. The monoisotopic (exact) mass is 177 g/mol. The molecule has 70 valence electrons. The Morgan fingerprint density at radius 3 is 2.38 bits per heavy atom. The van der Waals surface area contributed by atoms with E-state index in [1.807, 2.05) is 30.3 Å². The molecule has 13 heavy (non-hydrogen) atoms. The smallest absolute Gasteiger partial charge is 0.149 e. The van der Waals surface area contributed by atoms with Gasteiger partial charge in [-0.15, -0.1) is 0 Å². The molecule has 0 aliphatic rings. The van der Waals surface area contributed by atoms with Crippen molar-refractivity contribution in [1.29, 1.82) is 0 Å². The van der Waals surface area contributed by atoms with Crippen molar-refractivity contribution in [2.24, 2.45) is 5.73 Å². The normalized spacial score (nSPS) is 15.0. The van der Waals surface area contributed by atoms with E-state index in [0.29, 0.717) is 6.42 Å². The van der Waals surface area contributed by atoms with Crippen molar-refractivity contribution in [3.05, 3.63) is 35.9 Å². The number of rotatable bonds is 3. The maximum absolute atomic E-state index is 11.1. The molecular weight excluding hydrogens is 162 g/mol. The van der Waals surface area contributed by atoms with Crippen LogP contribution in [-0.2, 0) is 11.2 Å². The molecule has 0 heterocycles. The van der Waals surface area contributed by atoms with E-state index >= 15 is 0 Å². The van der Waals surface area contributed by atoms with Gasteiger partial charge in [-0.3, -0.25) is 4.79 Å². The Labute approximate surface area is 78.8 Å². The van der Waals surface area contributed by atoms with E-state index in [1.165, 1.54) is 6.92 Å². The molecule has 0 spiro atoms. The number of nitrogens with two attached hydrogens (primary N) is 1. The average molecular weight is 177 g/mol. The third-order valence-corrected chi connectivity index (χ3v) is 2.22. The second-order valence-electron chi connectivity index (χ2n) is 3.64. The van der Waals surface area contributed by atoms with Crippen LogP contribution in [0.4, 0.5) is 0 Å². The van der Waals surface area contributed by atoms with Crippen LogP contribution < -0.4 is 5.73 Å². The Balaban J connectivity index is 2.75. The number of hydrogen-bond donors (Lipinski definition) is 1. The van der Waals surface area contributed by atoms with Crippen LogP contribution in [0.2, 0.25) is 0 Å². The SMILES string of the molecule is CC(=O)C(C)(N)Cc1ccccc1. The van der Waals surface area contributed by atoms with Gasteiger partial charge in [0.15, 0.2) is 0 Å². The molecule has 1 unspecified atom stereocenters. The number of carbonyl (C=O) groups is 1. The van der Waals surface area contributed by atoms with Crippen LogP contribution >= 0.6 is 0 Å². The second-order valence-corrected chi connectivity index (χ2v) is 3.64. The third-order valence-electron chi connectivity index (χ3n) is 2.22. The van der Waals surface area contributed by atoms with E-state index in [9.17, 15) is 4.79 Å². The lowest BCUT2D eigenvalue weighted by Crippen LogP contribution is -2.45. The Bertz CT molecular complexity index is 290. The summed E-state index contributed by atoms with van der Waals surface area (Å²) in [5.74, 6) is 0.0244. The molecule has 0 radical (unpaired) electrons. The number of Topliss-reactive ketones (excluding diaryl/α,β-unsaturated/α-hetero) is 1. The fraction of sp³-hybridized carbons (Fsp3) is 0.364. The lowest BCUT2D eigenvalue weighted by Gasteiger charge is -2.20. The first-order chi connectivity index (χ1) is 6.02. The predicted octanol–water partition coefficient (Wildman–Crippen LogP) is 1.54. The standard InChI is InChI=1S/C11H15NO/c1-9(13)11(2,12)8-10-6-4-3-5-7-10/h3-7H,8,12H2,1-2H3. The fourth-order valence-corrected chi connectivity index (χ4v) is 1.14. The van der Waals surface area contributed by atoms with Crippen molar-refractivity contribution in [1.82, 2.24) is 0 Å². The molecule has 1 aromatic rings. The van der Waals surface area contributed by atoms with Gasteiger partial charge in [0.05, 0.1) is 5.54 Å². The van der Waals surface area contributed by atoms with Gasteiger partial charge in [-0.1, -0.05) is 30.3 Å². The molecule has 2 heteroatoms. The maximum atomic E-state index is 11.1. The summed E-state index contributed by atoms with van der Waals surface area (Å²) >= 11 is 0. The quantitative estimate of drug-likeness (QED) is 0.761. The van der Waals surface area contributed by atoms with Gasteiger partial charge in [0, 0.05) is 0 Å². The first-order valence-electron chi connectivity index (χ1n) is 4.36. The predicted molar refractivity (Wildman–Crippen MR) is 53.4 cm³/mol. The molecular formula is C11H15NO. The molecule has 0 saturated heterocycles. The van der Waals surface area contributed by atoms with E-state index in [4.69, 9.17) is 5.73 Å². The van der Waals surface area contributed by atoms with E-state index in [2.05, 4.69) is 0 Å². The van der Waals surface area contributed by atoms with Crippen molar-refractivity contribution >= 4 is 5.78 Å². The molecule has 2 nitrogen and oxygen atoms in total. The van der Waals surface area contributed by atoms with Crippen molar-refractivity contribution in [3.63, 3.8) is 0 Å². The first kappa shape index (κ1) is 9.93. The Morgan fingerprint density at radius 2 is 1.92 bits per heavy atom. The van der Waals surface area contributed by atoms with Crippen molar-refractivity contribution in [3.8, 4) is 0 Å². The molecule has 0 amide bonds. The van der Waals surface area contributed by atoms with Gasteiger partial charge in [0.25, 0.3) is 0 Å². The van der Waals surface area contributed by atoms with E-state index in [0.717, 1.165) is 5.56 Å². The summed E-state index contributed by atoms with van der Waals surface area (Å²) < 4.78 is 0. The average Bonchev–Trinajstić information content (AvgIpc) is 2.05. The minimum absolute atomic E-state index is 0.0244. The largest absolute Gasteiger partial charge is 0.319 e. The zero-order chi connectivity index (χ0) is 9.90. The van der Waals surface area contributed by atoms with Crippen LogP contribution in [0.3, 0.4) is 0 Å². The van der Waals surface area contributed by atoms with Crippen LogP contribution in [0, 0.1) is 0 Å². The summed E-state index contributed by atoms with van der Waals surface area (Å²) in [6.45, 7) is 3.30. The Kier molecular flexibility index (Phi) is 2.83. The van der Waals surface area contributed by atoms with Gasteiger partial charge in [-0.25, -0.2) is 0 Å². The number of benzene rings is 1. The lowest BCUT2D eigenvalue weighted by atomic mass is 9.90. The van der Waals surface area contributed by atoms with Crippen LogP contribution in [0.1, 0.15) is 19.4 Å². The van der Waals surface area contributed by atoms with Gasteiger partial charge < -0.3 is 5.73 Å². The van der Waals surface area contributed by atoms with Gasteiger partial charge in [-0.2, -0.15) is 0 Å². The second kappa shape index (κ2) is 3.71. The Morgan fingerprint density at radius 1 is 1.38 bits per heavy atom. The highest BCUT2D eigenvalue weighted by Crippen LogP contribution is 2.10. The van der Waals surface area contributed by atoms with Gasteiger partial charge >= 0.3 is 0 Å². The summed E-state index contributed by atoms with van der Waals surface area (Å²) in [4.78, 5) is 11.1. The Hall–Kier alpha value is -1.15. The van der Waals surface area contributed by atoms with Crippen molar-refractivity contribution in [2.45, 2.75) is 25.8 Å². The summed E-state index contributed by atoms with van der Waals surface area (Å²) in [5, 5.41) is 0. The molecule has 0 bridgehead atoms. The number of ketones is 1. The van der Waals surface area contributed by atoms with Gasteiger partial charge in [0.2, 0.25) is 0 Å². The van der Waals surface area contributed by atoms with Crippen LogP contribution in [0.15, 0.2) is 30.3 Å². The van der Waals surface area contributed by atoms with Crippen LogP contribution in [0.25, 0.3) is 0 Å². The highest BCUT2D eigenvalue weighted by Gasteiger charge is 2.24. The molecule has 0 saturated carbocycles. The molecule has 0 aromatic heterocycles. The minimum atomic E-state index is -0.735. The molecule has 1 aromatic carbocycles. The zero-order valence-corrected chi connectivity index (χ0v) is 8.08. The van der Waals surface area contributed by atoms with Crippen LogP contribution in [-0.4, -0.2) is 11.3 Å². The van der Waals surface area contributed by atoms with Gasteiger partial charge in [0.1, 0.15) is 5.78 Å². The summed E-state index contributed by atoms with van der Waals surface area (Å²) in [7, 11) is 0. The van der Waals surface area contributed by atoms with E-state index < -0.39 is 5.54 Å². The lowest BCUT2D eigenvalue weighted by molar-refractivity contribution is -0.121. The van der Waals surface area contributed by atoms with Crippen molar-refractivity contribution in [2.75, 3.05) is 0 Å². The van der Waals surface area contributed by atoms with E-state index in [1.54, 1.807) is 6.92 Å². The maximum Gasteiger partial charge on any atom is 0.149 e. The molecule has 1 rings (SSSR count). The highest BCUT2D eigenvalue weighted by atomic mass is 16.1. The third kappa shape index (κ3) is 2.67. The number of carbonyl (C=O) groups excluding carboxylic acids is 1. The summed E-state index contributed by atoms with van der Waals surface area (Å²) in [5.41, 5.74) is 6.21. The summed E-state index contributed by atoms with van der Waals surface area (Å²) in [6.07, 6.45) is 0.600. The molecule has 0 aliphatic heterocycles. The molecule has 0 aliphatic carbocycles. The number of hydrogen-bond acceptors (Lipinski definition) is 2. The molecule has 1 atom stereocenters.